The first-order chi connectivity index (χ1) is 10.0. The average Bonchev–Trinajstić information content (AvgIpc) is 3.02. The fourth-order valence-electron chi connectivity index (χ4n) is 3.21. The number of imidazole rings is 1. The Morgan fingerprint density at radius 1 is 1.48 bits per heavy atom. The number of rotatable bonds is 3. The standard InChI is InChI=1S/C15H17BrClFN2O/c1-8(17)15-19-11-7-10(18)9(16)6-13(11)20(15)12-4-3-5-14(12)21-2/h6-8,12,14H,3-5H2,1-2H3. The van der Waals surface area contributed by atoms with E-state index in [0.717, 1.165) is 30.6 Å². The van der Waals surface area contributed by atoms with Gasteiger partial charge < -0.3 is 9.30 Å². The second-order valence-electron chi connectivity index (χ2n) is 5.48. The summed E-state index contributed by atoms with van der Waals surface area (Å²) in [5.74, 6) is 0.466. The third kappa shape index (κ3) is 2.60. The van der Waals surface area contributed by atoms with E-state index in [1.54, 1.807) is 13.2 Å². The van der Waals surface area contributed by atoms with E-state index < -0.39 is 0 Å². The van der Waals surface area contributed by atoms with Crippen molar-refractivity contribution >= 4 is 38.6 Å². The molecule has 0 bridgehead atoms. The van der Waals surface area contributed by atoms with Crippen LogP contribution in [0.2, 0.25) is 0 Å². The summed E-state index contributed by atoms with van der Waals surface area (Å²) in [4.78, 5) is 4.54. The lowest BCUT2D eigenvalue weighted by molar-refractivity contribution is 0.0753. The van der Waals surface area contributed by atoms with Crippen LogP contribution in [0.25, 0.3) is 11.0 Å². The molecule has 0 spiro atoms. The van der Waals surface area contributed by atoms with Gasteiger partial charge in [0.2, 0.25) is 0 Å². The van der Waals surface area contributed by atoms with Crippen molar-refractivity contribution in [2.24, 2.45) is 0 Å². The SMILES string of the molecule is COC1CCCC1n1c(C(C)Cl)nc2cc(F)c(Br)cc21. The summed E-state index contributed by atoms with van der Waals surface area (Å²) in [5.41, 5.74) is 1.54. The van der Waals surface area contributed by atoms with Gasteiger partial charge in [0.1, 0.15) is 11.6 Å². The molecular formula is C15H17BrClFN2O. The lowest BCUT2D eigenvalue weighted by Gasteiger charge is -2.23. The Balaban J connectivity index is 2.23. The second kappa shape index (κ2) is 5.86. The number of hydrogen-bond acceptors (Lipinski definition) is 2. The number of halogens is 3. The Labute approximate surface area is 136 Å². The van der Waals surface area contributed by atoms with Crippen LogP contribution in [0.5, 0.6) is 0 Å². The van der Waals surface area contributed by atoms with Crippen LogP contribution in [0.1, 0.15) is 43.4 Å². The molecule has 6 heteroatoms. The fraction of sp³-hybridized carbons (Fsp3) is 0.533. The molecule has 0 saturated heterocycles. The monoisotopic (exact) mass is 374 g/mol. The van der Waals surface area contributed by atoms with Crippen molar-refractivity contribution in [3.05, 3.63) is 28.2 Å². The first kappa shape index (κ1) is 15.3. The highest BCUT2D eigenvalue weighted by Crippen LogP contribution is 2.38. The molecule has 21 heavy (non-hydrogen) atoms. The molecule has 2 aromatic rings. The maximum absolute atomic E-state index is 13.8. The molecule has 3 nitrogen and oxygen atoms in total. The molecule has 1 fully saturated rings. The molecule has 3 atom stereocenters. The minimum Gasteiger partial charge on any atom is -0.379 e. The van der Waals surface area contributed by atoms with Gasteiger partial charge in [0, 0.05) is 13.2 Å². The third-order valence-corrected chi connectivity index (χ3v) is 4.97. The lowest BCUT2D eigenvalue weighted by Crippen LogP contribution is -2.22. The van der Waals surface area contributed by atoms with E-state index in [1.165, 1.54) is 6.07 Å². The van der Waals surface area contributed by atoms with Crippen LogP contribution in [0.4, 0.5) is 4.39 Å². The number of fused-ring (bicyclic) bond motifs is 1. The van der Waals surface area contributed by atoms with Crippen LogP contribution in [-0.2, 0) is 4.74 Å². The first-order valence-electron chi connectivity index (χ1n) is 7.06. The lowest BCUT2D eigenvalue weighted by atomic mass is 10.2. The van der Waals surface area contributed by atoms with Crippen molar-refractivity contribution in [3.8, 4) is 0 Å². The number of benzene rings is 1. The highest BCUT2D eigenvalue weighted by molar-refractivity contribution is 9.10. The predicted molar refractivity (Wildman–Crippen MR) is 85.3 cm³/mol. The molecule has 1 aliphatic carbocycles. The summed E-state index contributed by atoms with van der Waals surface area (Å²) in [7, 11) is 1.74. The quantitative estimate of drug-likeness (QED) is 0.708. The van der Waals surface area contributed by atoms with Gasteiger partial charge >= 0.3 is 0 Å². The number of nitrogens with zero attached hydrogens (tertiary/aromatic N) is 2. The largest absolute Gasteiger partial charge is 0.379 e. The smallest absolute Gasteiger partial charge is 0.139 e. The minimum absolute atomic E-state index is 0.153. The van der Waals surface area contributed by atoms with Gasteiger partial charge in [0.15, 0.2) is 0 Å². The molecule has 3 unspecified atom stereocenters. The maximum atomic E-state index is 13.8. The third-order valence-electron chi connectivity index (χ3n) is 4.17. The summed E-state index contributed by atoms with van der Waals surface area (Å²) in [6.07, 6.45) is 3.32. The van der Waals surface area contributed by atoms with Crippen molar-refractivity contribution in [3.63, 3.8) is 0 Å². The Morgan fingerprint density at radius 3 is 2.90 bits per heavy atom. The zero-order valence-corrected chi connectivity index (χ0v) is 14.3. The summed E-state index contributed by atoms with van der Waals surface area (Å²) >= 11 is 9.56. The molecule has 0 N–H and O–H groups in total. The molecule has 1 aromatic carbocycles. The second-order valence-corrected chi connectivity index (χ2v) is 6.99. The van der Waals surface area contributed by atoms with Crippen molar-refractivity contribution in [1.82, 2.24) is 9.55 Å². The van der Waals surface area contributed by atoms with Gasteiger partial charge in [0.25, 0.3) is 0 Å². The van der Waals surface area contributed by atoms with E-state index in [1.807, 2.05) is 6.92 Å². The summed E-state index contributed by atoms with van der Waals surface area (Å²) in [6, 6.07) is 3.44. The van der Waals surface area contributed by atoms with Crippen molar-refractivity contribution in [2.75, 3.05) is 7.11 Å². The van der Waals surface area contributed by atoms with Crippen molar-refractivity contribution in [2.45, 2.75) is 43.7 Å². The van der Waals surface area contributed by atoms with Crippen LogP contribution in [0.15, 0.2) is 16.6 Å². The van der Waals surface area contributed by atoms with Gasteiger partial charge in [0.05, 0.1) is 33.0 Å². The van der Waals surface area contributed by atoms with Gasteiger partial charge in [-0.25, -0.2) is 9.37 Å². The Bertz CT molecular complexity index is 673. The molecule has 0 radical (unpaired) electrons. The van der Waals surface area contributed by atoms with Crippen LogP contribution in [0, 0.1) is 5.82 Å². The number of ether oxygens (including phenoxy) is 1. The van der Waals surface area contributed by atoms with E-state index in [9.17, 15) is 4.39 Å². The van der Waals surface area contributed by atoms with Gasteiger partial charge in [-0.05, 0) is 48.2 Å². The summed E-state index contributed by atoms with van der Waals surface area (Å²) in [5, 5.41) is -0.239. The molecule has 0 amide bonds. The minimum atomic E-state index is -0.310. The maximum Gasteiger partial charge on any atom is 0.139 e. The molecule has 0 aliphatic heterocycles. The zero-order valence-electron chi connectivity index (χ0n) is 11.9. The molecule has 114 valence electrons. The molecule has 1 aliphatic rings. The van der Waals surface area contributed by atoms with Gasteiger partial charge in [-0.2, -0.15) is 0 Å². The molecule has 1 aromatic heterocycles. The Hall–Kier alpha value is -0.650. The number of alkyl halides is 1. The predicted octanol–water partition coefficient (Wildman–Crippen LogP) is 4.98. The Morgan fingerprint density at radius 2 is 2.24 bits per heavy atom. The first-order valence-corrected chi connectivity index (χ1v) is 8.29. The summed E-state index contributed by atoms with van der Waals surface area (Å²) in [6.45, 7) is 1.89. The summed E-state index contributed by atoms with van der Waals surface area (Å²) < 4.78 is 21.9. The Kier molecular flexibility index (Phi) is 4.26. The van der Waals surface area contributed by atoms with Gasteiger partial charge in [-0.1, -0.05) is 0 Å². The van der Waals surface area contributed by atoms with Crippen LogP contribution >= 0.6 is 27.5 Å². The fourth-order valence-corrected chi connectivity index (χ4v) is 3.70. The van der Waals surface area contributed by atoms with E-state index in [0.29, 0.717) is 9.99 Å². The molecule has 1 saturated carbocycles. The number of methoxy groups -OCH3 is 1. The molecule has 3 rings (SSSR count). The normalized spacial score (nSPS) is 23.9. The average molecular weight is 376 g/mol. The number of hydrogen-bond donors (Lipinski definition) is 0. The van der Waals surface area contributed by atoms with Crippen molar-refractivity contribution in [1.29, 1.82) is 0 Å². The van der Waals surface area contributed by atoms with E-state index in [4.69, 9.17) is 16.3 Å². The highest BCUT2D eigenvalue weighted by Gasteiger charge is 2.32. The van der Waals surface area contributed by atoms with Crippen molar-refractivity contribution < 1.29 is 9.13 Å². The highest BCUT2D eigenvalue weighted by atomic mass is 79.9. The van der Waals surface area contributed by atoms with Crippen LogP contribution in [0.3, 0.4) is 0 Å². The van der Waals surface area contributed by atoms with Gasteiger partial charge in [-0.15, -0.1) is 11.6 Å². The number of aromatic nitrogens is 2. The van der Waals surface area contributed by atoms with Gasteiger partial charge in [-0.3, -0.25) is 0 Å². The van der Waals surface area contributed by atoms with Crippen LogP contribution < -0.4 is 0 Å². The zero-order chi connectivity index (χ0) is 15.1. The van der Waals surface area contributed by atoms with Crippen LogP contribution in [-0.4, -0.2) is 22.8 Å². The van der Waals surface area contributed by atoms with E-state index in [2.05, 4.69) is 25.5 Å². The van der Waals surface area contributed by atoms with E-state index in [-0.39, 0.29) is 23.3 Å². The topological polar surface area (TPSA) is 27.1 Å². The molecule has 1 heterocycles. The molecular weight excluding hydrogens is 359 g/mol. The van der Waals surface area contributed by atoms with E-state index >= 15 is 0 Å².